The SMILES string of the molecule is CC(C)CSc1nc2ccccc2n1Cc1ccccn1. The normalized spacial score (nSPS) is 11.4. The highest BCUT2D eigenvalue weighted by Gasteiger charge is 2.12. The maximum absolute atomic E-state index is 4.78. The Balaban J connectivity index is 1.99. The summed E-state index contributed by atoms with van der Waals surface area (Å²) < 4.78 is 2.27. The van der Waals surface area contributed by atoms with Gasteiger partial charge in [0.25, 0.3) is 0 Å². The van der Waals surface area contributed by atoms with E-state index < -0.39 is 0 Å². The van der Waals surface area contributed by atoms with Crippen molar-refractivity contribution in [3.8, 4) is 0 Å². The first-order valence-electron chi connectivity index (χ1n) is 7.22. The van der Waals surface area contributed by atoms with Gasteiger partial charge < -0.3 is 4.57 Å². The van der Waals surface area contributed by atoms with Crippen molar-refractivity contribution in [1.29, 1.82) is 0 Å². The zero-order chi connectivity index (χ0) is 14.7. The van der Waals surface area contributed by atoms with Crippen molar-refractivity contribution in [3.05, 3.63) is 54.4 Å². The van der Waals surface area contributed by atoms with Crippen molar-refractivity contribution >= 4 is 22.8 Å². The third-order valence-corrected chi connectivity index (χ3v) is 4.61. The van der Waals surface area contributed by atoms with Gasteiger partial charge in [0.1, 0.15) is 0 Å². The van der Waals surface area contributed by atoms with Crippen LogP contribution in [-0.2, 0) is 6.54 Å². The second-order valence-corrected chi connectivity index (χ2v) is 6.48. The fraction of sp³-hybridized carbons (Fsp3) is 0.294. The van der Waals surface area contributed by atoms with Crippen LogP contribution < -0.4 is 0 Å². The van der Waals surface area contributed by atoms with Gasteiger partial charge in [-0.15, -0.1) is 0 Å². The van der Waals surface area contributed by atoms with Gasteiger partial charge in [0.15, 0.2) is 5.16 Å². The minimum absolute atomic E-state index is 0.651. The summed E-state index contributed by atoms with van der Waals surface area (Å²) >= 11 is 1.82. The summed E-state index contributed by atoms with van der Waals surface area (Å²) in [6.45, 7) is 5.24. The second-order valence-electron chi connectivity index (χ2n) is 5.50. The molecule has 2 aromatic heterocycles. The molecule has 0 unspecified atom stereocenters. The lowest BCUT2D eigenvalue weighted by atomic mass is 10.3. The van der Waals surface area contributed by atoms with Gasteiger partial charge in [0.05, 0.1) is 23.3 Å². The average Bonchev–Trinajstić information content (AvgIpc) is 2.84. The monoisotopic (exact) mass is 297 g/mol. The van der Waals surface area contributed by atoms with Crippen LogP contribution in [0.15, 0.2) is 53.8 Å². The summed E-state index contributed by atoms with van der Waals surface area (Å²) in [6.07, 6.45) is 1.84. The topological polar surface area (TPSA) is 30.7 Å². The number of hydrogen-bond donors (Lipinski definition) is 0. The van der Waals surface area contributed by atoms with Gasteiger partial charge in [-0.2, -0.15) is 0 Å². The van der Waals surface area contributed by atoms with E-state index in [4.69, 9.17) is 4.98 Å². The lowest BCUT2D eigenvalue weighted by Gasteiger charge is -2.09. The Morgan fingerprint density at radius 2 is 1.90 bits per heavy atom. The van der Waals surface area contributed by atoms with Crippen LogP contribution in [0.5, 0.6) is 0 Å². The highest BCUT2D eigenvalue weighted by molar-refractivity contribution is 7.99. The molecule has 0 radical (unpaired) electrons. The molecule has 0 spiro atoms. The molecule has 0 N–H and O–H groups in total. The fourth-order valence-electron chi connectivity index (χ4n) is 2.21. The van der Waals surface area contributed by atoms with Crippen LogP contribution in [0.25, 0.3) is 11.0 Å². The van der Waals surface area contributed by atoms with Crippen molar-refractivity contribution in [2.75, 3.05) is 5.75 Å². The largest absolute Gasteiger partial charge is 0.313 e. The van der Waals surface area contributed by atoms with E-state index >= 15 is 0 Å². The van der Waals surface area contributed by atoms with E-state index in [1.807, 2.05) is 36.2 Å². The Kier molecular flexibility index (Phi) is 4.25. The molecule has 3 nitrogen and oxygen atoms in total. The van der Waals surface area contributed by atoms with Crippen LogP contribution in [0.3, 0.4) is 0 Å². The number of para-hydroxylation sites is 2. The van der Waals surface area contributed by atoms with Crippen LogP contribution in [0.4, 0.5) is 0 Å². The predicted octanol–water partition coefficient (Wildman–Crippen LogP) is 4.23. The second kappa shape index (κ2) is 6.31. The maximum Gasteiger partial charge on any atom is 0.169 e. The number of imidazole rings is 1. The number of aromatic nitrogens is 3. The first-order valence-corrected chi connectivity index (χ1v) is 8.20. The fourth-order valence-corrected chi connectivity index (χ4v) is 3.18. The van der Waals surface area contributed by atoms with Gasteiger partial charge in [-0.25, -0.2) is 4.98 Å². The summed E-state index contributed by atoms with van der Waals surface area (Å²) in [5, 5.41) is 1.08. The van der Waals surface area contributed by atoms with E-state index in [0.29, 0.717) is 5.92 Å². The van der Waals surface area contributed by atoms with Crippen molar-refractivity contribution < 1.29 is 0 Å². The van der Waals surface area contributed by atoms with Crippen molar-refractivity contribution in [1.82, 2.24) is 14.5 Å². The van der Waals surface area contributed by atoms with Gasteiger partial charge in [0, 0.05) is 11.9 Å². The summed E-state index contributed by atoms with van der Waals surface area (Å²) in [5.74, 6) is 1.73. The minimum Gasteiger partial charge on any atom is -0.313 e. The zero-order valence-electron chi connectivity index (χ0n) is 12.4. The number of benzene rings is 1. The molecule has 0 atom stereocenters. The van der Waals surface area contributed by atoms with Gasteiger partial charge in [-0.05, 0) is 30.2 Å². The Morgan fingerprint density at radius 3 is 2.67 bits per heavy atom. The van der Waals surface area contributed by atoms with E-state index in [-0.39, 0.29) is 0 Å². The molecule has 0 fully saturated rings. The number of hydrogen-bond acceptors (Lipinski definition) is 3. The van der Waals surface area contributed by atoms with Crippen LogP contribution in [-0.4, -0.2) is 20.3 Å². The van der Waals surface area contributed by atoms with E-state index in [9.17, 15) is 0 Å². The number of fused-ring (bicyclic) bond motifs is 1. The Labute approximate surface area is 129 Å². The molecular weight excluding hydrogens is 278 g/mol. The van der Waals surface area contributed by atoms with Gasteiger partial charge >= 0.3 is 0 Å². The lowest BCUT2D eigenvalue weighted by Crippen LogP contribution is -2.04. The standard InChI is InChI=1S/C17H19N3S/c1-13(2)12-21-17-19-15-8-3-4-9-16(15)20(17)11-14-7-5-6-10-18-14/h3-10,13H,11-12H2,1-2H3. The molecule has 21 heavy (non-hydrogen) atoms. The first-order chi connectivity index (χ1) is 10.2. The molecule has 108 valence electrons. The Bertz CT molecular complexity index is 719. The Morgan fingerprint density at radius 1 is 1.10 bits per heavy atom. The maximum atomic E-state index is 4.78. The Hall–Kier alpha value is -1.81. The highest BCUT2D eigenvalue weighted by Crippen LogP contribution is 2.26. The summed E-state index contributed by atoms with van der Waals surface area (Å²) in [6, 6.07) is 14.3. The van der Waals surface area contributed by atoms with Crippen molar-refractivity contribution in [3.63, 3.8) is 0 Å². The van der Waals surface area contributed by atoms with Crippen molar-refractivity contribution in [2.45, 2.75) is 25.5 Å². The molecular formula is C17H19N3S. The lowest BCUT2D eigenvalue weighted by molar-refractivity contribution is 0.705. The van der Waals surface area contributed by atoms with Crippen LogP contribution >= 0.6 is 11.8 Å². The first kappa shape index (κ1) is 14.1. The van der Waals surface area contributed by atoms with Crippen molar-refractivity contribution in [2.24, 2.45) is 5.92 Å². The zero-order valence-corrected chi connectivity index (χ0v) is 13.2. The molecule has 1 aromatic carbocycles. The molecule has 0 aliphatic carbocycles. The summed E-state index contributed by atoms with van der Waals surface area (Å²) in [7, 11) is 0. The quantitative estimate of drug-likeness (QED) is 0.660. The minimum atomic E-state index is 0.651. The third-order valence-electron chi connectivity index (χ3n) is 3.21. The summed E-state index contributed by atoms with van der Waals surface area (Å²) in [4.78, 5) is 9.22. The van der Waals surface area contributed by atoms with E-state index in [1.54, 1.807) is 0 Å². The van der Waals surface area contributed by atoms with E-state index in [2.05, 4.69) is 47.7 Å². The molecule has 0 saturated carbocycles. The molecule has 0 saturated heterocycles. The number of pyridine rings is 1. The molecule has 0 aliphatic rings. The molecule has 3 aromatic rings. The molecule has 0 amide bonds. The van der Waals surface area contributed by atoms with E-state index in [0.717, 1.165) is 28.7 Å². The molecule has 4 heteroatoms. The van der Waals surface area contributed by atoms with Crippen LogP contribution in [0.1, 0.15) is 19.5 Å². The molecule has 2 heterocycles. The highest BCUT2D eigenvalue weighted by atomic mass is 32.2. The van der Waals surface area contributed by atoms with Crippen LogP contribution in [0.2, 0.25) is 0 Å². The molecule has 0 aliphatic heterocycles. The summed E-state index contributed by atoms with van der Waals surface area (Å²) in [5.41, 5.74) is 3.29. The average molecular weight is 297 g/mol. The predicted molar refractivity (Wildman–Crippen MR) is 88.6 cm³/mol. The number of thioether (sulfide) groups is 1. The third kappa shape index (κ3) is 3.27. The van der Waals surface area contributed by atoms with Crippen LogP contribution in [0, 0.1) is 5.92 Å². The molecule has 3 rings (SSSR count). The number of nitrogens with zero attached hydrogens (tertiary/aromatic N) is 3. The van der Waals surface area contributed by atoms with E-state index in [1.165, 1.54) is 5.52 Å². The van der Waals surface area contributed by atoms with Gasteiger partial charge in [0.2, 0.25) is 0 Å². The molecule has 0 bridgehead atoms. The van der Waals surface area contributed by atoms with Gasteiger partial charge in [-0.1, -0.05) is 43.8 Å². The smallest absolute Gasteiger partial charge is 0.169 e. The van der Waals surface area contributed by atoms with Gasteiger partial charge in [-0.3, -0.25) is 4.98 Å². The number of rotatable bonds is 5.